The van der Waals surface area contributed by atoms with E-state index >= 15 is 0 Å². The lowest BCUT2D eigenvalue weighted by Gasteiger charge is -2.26. The van der Waals surface area contributed by atoms with Crippen molar-refractivity contribution in [3.05, 3.63) is 23.8 Å². The molecule has 2 rings (SSSR count). The van der Waals surface area contributed by atoms with E-state index in [0.29, 0.717) is 6.42 Å². The number of nitrogens with one attached hydrogen (secondary N) is 1. The molecule has 3 N–H and O–H groups in total. The average molecular weight is 325 g/mol. The molecular weight excluding hydrogens is 302 g/mol. The van der Waals surface area contributed by atoms with Crippen molar-refractivity contribution in [1.82, 2.24) is 5.32 Å². The van der Waals surface area contributed by atoms with Crippen molar-refractivity contribution >= 4 is 21.6 Å². The summed E-state index contributed by atoms with van der Waals surface area (Å²) in [6.45, 7) is 8.19. The number of carbonyl (C=O) groups excluding carboxylic acids is 1. The second-order valence-electron chi connectivity index (χ2n) is 6.76. The normalized spacial score (nSPS) is 18.4. The smallest absolute Gasteiger partial charge is 0.241 e. The molecule has 22 heavy (non-hydrogen) atoms. The van der Waals surface area contributed by atoms with Gasteiger partial charge >= 0.3 is 0 Å². The molecule has 7 heteroatoms. The molecule has 1 aromatic rings. The molecular formula is C15H23N3O3S. The molecule has 0 fully saturated rings. The average Bonchev–Trinajstić information content (AvgIpc) is 2.69. The van der Waals surface area contributed by atoms with Crippen molar-refractivity contribution < 1.29 is 13.2 Å². The van der Waals surface area contributed by atoms with Gasteiger partial charge in [0, 0.05) is 17.3 Å². The Bertz CT molecular complexity index is 692. The fraction of sp³-hybridized carbons (Fsp3) is 0.533. The van der Waals surface area contributed by atoms with Gasteiger partial charge < -0.3 is 10.2 Å². The standard InChI is InChI=1S/C15H23N3O3S/c1-10-7-11-8-12(22(16,20)21)5-6-13(11)18(10)14(19)9-17-15(2,3)4/h5-6,8,10,17H,7,9H2,1-4H3,(H2,16,20,21)/t10-/m1/s1. The number of hydrogen-bond donors (Lipinski definition) is 2. The molecule has 1 amide bonds. The number of hydrogen-bond acceptors (Lipinski definition) is 4. The van der Waals surface area contributed by atoms with Crippen LogP contribution in [-0.4, -0.2) is 32.5 Å². The molecule has 0 unspecified atom stereocenters. The Balaban J connectivity index is 2.26. The summed E-state index contributed by atoms with van der Waals surface area (Å²) >= 11 is 0. The third kappa shape index (κ3) is 3.66. The van der Waals surface area contributed by atoms with Gasteiger partial charge in [0.15, 0.2) is 0 Å². The third-order valence-corrected chi connectivity index (χ3v) is 4.54. The van der Waals surface area contributed by atoms with Crippen LogP contribution in [0.4, 0.5) is 5.69 Å². The van der Waals surface area contributed by atoms with Gasteiger partial charge in [-0.15, -0.1) is 0 Å². The summed E-state index contributed by atoms with van der Waals surface area (Å²) < 4.78 is 22.9. The van der Waals surface area contributed by atoms with E-state index in [2.05, 4.69) is 5.32 Å². The molecule has 0 aromatic heterocycles. The third-order valence-electron chi connectivity index (χ3n) is 3.63. The number of sulfonamides is 1. The van der Waals surface area contributed by atoms with Crippen molar-refractivity contribution in [1.29, 1.82) is 0 Å². The van der Waals surface area contributed by atoms with Crippen molar-refractivity contribution in [2.24, 2.45) is 5.14 Å². The van der Waals surface area contributed by atoms with Crippen LogP contribution in [0.5, 0.6) is 0 Å². The number of carbonyl (C=O) groups is 1. The summed E-state index contributed by atoms with van der Waals surface area (Å²) in [5.74, 6) is -0.0236. The molecule has 0 radical (unpaired) electrons. The topological polar surface area (TPSA) is 92.5 Å². The Morgan fingerprint density at radius 3 is 2.59 bits per heavy atom. The SMILES string of the molecule is C[C@@H]1Cc2cc(S(N)(=O)=O)ccc2N1C(=O)CNC(C)(C)C. The van der Waals surface area contributed by atoms with Crippen LogP contribution in [0, 0.1) is 0 Å². The molecule has 0 spiro atoms. The maximum absolute atomic E-state index is 12.5. The molecule has 1 aromatic carbocycles. The highest BCUT2D eigenvalue weighted by Crippen LogP contribution is 2.33. The Kier molecular flexibility index (Phi) is 4.34. The number of nitrogens with two attached hydrogens (primary N) is 1. The highest BCUT2D eigenvalue weighted by atomic mass is 32.2. The Morgan fingerprint density at radius 2 is 2.05 bits per heavy atom. The van der Waals surface area contributed by atoms with Crippen LogP contribution in [0.1, 0.15) is 33.3 Å². The summed E-state index contributed by atoms with van der Waals surface area (Å²) in [5.41, 5.74) is 1.46. The Morgan fingerprint density at radius 1 is 1.41 bits per heavy atom. The van der Waals surface area contributed by atoms with Crippen LogP contribution in [-0.2, 0) is 21.2 Å². The van der Waals surface area contributed by atoms with E-state index in [4.69, 9.17) is 5.14 Å². The minimum absolute atomic E-state index is 0.00000283. The van der Waals surface area contributed by atoms with E-state index in [-0.39, 0.29) is 28.9 Å². The molecule has 0 aliphatic carbocycles. The van der Waals surface area contributed by atoms with E-state index < -0.39 is 10.0 Å². The molecule has 0 saturated carbocycles. The molecule has 6 nitrogen and oxygen atoms in total. The van der Waals surface area contributed by atoms with Crippen LogP contribution >= 0.6 is 0 Å². The number of rotatable bonds is 3. The van der Waals surface area contributed by atoms with E-state index in [1.807, 2.05) is 27.7 Å². The van der Waals surface area contributed by atoms with Gasteiger partial charge in [0.25, 0.3) is 0 Å². The molecule has 1 heterocycles. The van der Waals surface area contributed by atoms with Gasteiger partial charge in [-0.2, -0.15) is 0 Å². The molecule has 1 atom stereocenters. The summed E-state index contributed by atoms with van der Waals surface area (Å²) in [7, 11) is -3.72. The monoisotopic (exact) mass is 325 g/mol. The summed E-state index contributed by atoms with van der Waals surface area (Å²) in [6, 6.07) is 4.67. The van der Waals surface area contributed by atoms with Gasteiger partial charge in [-0.1, -0.05) is 0 Å². The molecule has 0 bridgehead atoms. The second kappa shape index (κ2) is 5.64. The minimum Gasteiger partial charge on any atom is -0.308 e. The molecule has 1 aliphatic heterocycles. The van der Waals surface area contributed by atoms with Crippen LogP contribution in [0.25, 0.3) is 0 Å². The summed E-state index contributed by atoms with van der Waals surface area (Å²) in [4.78, 5) is 14.3. The molecule has 122 valence electrons. The van der Waals surface area contributed by atoms with Crippen LogP contribution in [0.2, 0.25) is 0 Å². The van der Waals surface area contributed by atoms with Crippen molar-refractivity contribution in [3.63, 3.8) is 0 Å². The fourth-order valence-corrected chi connectivity index (χ4v) is 3.15. The Hall–Kier alpha value is -1.44. The first kappa shape index (κ1) is 16.9. The number of benzene rings is 1. The van der Waals surface area contributed by atoms with E-state index in [1.165, 1.54) is 6.07 Å². The number of nitrogens with zero attached hydrogens (tertiary/aromatic N) is 1. The first-order valence-electron chi connectivity index (χ1n) is 7.22. The fourth-order valence-electron chi connectivity index (χ4n) is 2.59. The predicted molar refractivity (Wildman–Crippen MR) is 86.2 cm³/mol. The quantitative estimate of drug-likeness (QED) is 0.867. The van der Waals surface area contributed by atoms with Crippen molar-refractivity contribution in [2.45, 2.75) is 50.6 Å². The lowest BCUT2D eigenvalue weighted by molar-refractivity contribution is -0.118. The van der Waals surface area contributed by atoms with Crippen LogP contribution in [0.3, 0.4) is 0 Å². The zero-order chi connectivity index (χ0) is 16.7. The van der Waals surface area contributed by atoms with E-state index in [1.54, 1.807) is 17.0 Å². The lowest BCUT2D eigenvalue weighted by atomic mass is 10.1. The Labute approximate surface area is 131 Å². The highest BCUT2D eigenvalue weighted by Gasteiger charge is 2.31. The first-order valence-corrected chi connectivity index (χ1v) is 8.76. The largest absolute Gasteiger partial charge is 0.308 e. The predicted octanol–water partition coefficient (Wildman–Crippen LogP) is 1.000. The molecule has 0 saturated heterocycles. The zero-order valence-corrected chi connectivity index (χ0v) is 14.2. The van der Waals surface area contributed by atoms with E-state index in [9.17, 15) is 13.2 Å². The van der Waals surface area contributed by atoms with Gasteiger partial charge in [0.05, 0.1) is 11.4 Å². The number of anilines is 1. The minimum atomic E-state index is -3.72. The van der Waals surface area contributed by atoms with Crippen LogP contribution < -0.4 is 15.4 Å². The molecule has 1 aliphatic rings. The van der Waals surface area contributed by atoms with Crippen molar-refractivity contribution in [2.75, 3.05) is 11.4 Å². The maximum Gasteiger partial charge on any atom is 0.241 e. The maximum atomic E-state index is 12.5. The van der Waals surface area contributed by atoms with Gasteiger partial charge in [-0.05, 0) is 57.9 Å². The number of fused-ring (bicyclic) bond motifs is 1. The van der Waals surface area contributed by atoms with Gasteiger partial charge in [0.1, 0.15) is 0 Å². The number of amides is 1. The van der Waals surface area contributed by atoms with Crippen molar-refractivity contribution in [3.8, 4) is 0 Å². The van der Waals surface area contributed by atoms with Gasteiger partial charge in [-0.25, -0.2) is 13.6 Å². The zero-order valence-electron chi connectivity index (χ0n) is 13.4. The highest BCUT2D eigenvalue weighted by molar-refractivity contribution is 7.89. The second-order valence-corrected chi connectivity index (χ2v) is 8.32. The summed E-state index contributed by atoms with van der Waals surface area (Å²) in [6.07, 6.45) is 0.625. The van der Waals surface area contributed by atoms with Gasteiger partial charge in [-0.3, -0.25) is 4.79 Å². The van der Waals surface area contributed by atoms with Gasteiger partial charge in [0.2, 0.25) is 15.9 Å². The first-order chi connectivity index (χ1) is 9.99. The lowest BCUT2D eigenvalue weighted by Crippen LogP contribution is -2.46. The summed E-state index contributed by atoms with van der Waals surface area (Å²) in [5, 5.41) is 8.34. The number of primary sulfonamides is 1. The van der Waals surface area contributed by atoms with E-state index in [0.717, 1.165) is 11.3 Å². The van der Waals surface area contributed by atoms with Crippen LogP contribution in [0.15, 0.2) is 23.1 Å².